The van der Waals surface area contributed by atoms with Crippen LogP contribution in [0.1, 0.15) is 84.9 Å². The lowest BCUT2D eigenvalue weighted by molar-refractivity contribution is -0.161. The highest BCUT2D eigenvalue weighted by Gasteiger charge is 2.51. The van der Waals surface area contributed by atoms with Crippen molar-refractivity contribution in [1.29, 1.82) is 0 Å². The van der Waals surface area contributed by atoms with Crippen molar-refractivity contribution >= 4 is 23.5 Å². The number of rotatable bonds is 11. The van der Waals surface area contributed by atoms with Crippen LogP contribution in [0, 0.1) is 11.8 Å². The third-order valence-electron chi connectivity index (χ3n) is 8.21. The standard InChI is InChI=1S/C32H38O8/c33-27(23-13-3-1-4-14-23)31(37)19-9-7-17-25(31)29(35)39-21-11-12-22-40-30(36)26-18-8-10-20-32(26,38)28(34)24-15-5-2-6-16-24/h1-6,13-16,25-26,37-38H,7-12,17-22H2/t25-,26?,31-,32?/m1/s1. The molecule has 0 saturated heterocycles. The zero-order valence-electron chi connectivity index (χ0n) is 22.8. The Kier molecular flexibility index (Phi) is 9.87. The van der Waals surface area contributed by atoms with Crippen LogP contribution in [0.15, 0.2) is 60.7 Å². The van der Waals surface area contributed by atoms with Crippen LogP contribution in [0.5, 0.6) is 0 Å². The Morgan fingerprint density at radius 2 is 1.00 bits per heavy atom. The molecule has 214 valence electrons. The van der Waals surface area contributed by atoms with Gasteiger partial charge in [0.15, 0.2) is 11.6 Å². The second kappa shape index (κ2) is 13.3. The van der Waals surface area contributed by atoms with Crippen LogP contribution in [0.25, 0.3) is 0 Å². The molecule has 2 fully saturated rings. The van der Waals surface area contributed by atoms with Gasteiger partial charge in [-0.25, -0.2) is 0 Å². The first-order valence-corrected chi connectivity index (χ1v) is 14.2. The highest BCUT2D eigenvalue weighted by molar-refractivity contribution is 6.05. The van der Waals surface area contributed by atoms with Gasteiger partial charge in [-0.1, -0.05) is 86.3 Å². The van der Waals surface area contributed by atoms with Gasteiger partial charge in [0.05, 0.1) is 25.0 Å². The Labute approximate surface area is 234 Å². The molecule has 2 aliphatic carbocycles. The van der Waals surface area contributed by atoms with Crippen molar-refractivity contribution in [3.63, 3.8) is 0 Å². The normalized spacial score (nSPS) is 26.4. The summed E-state index contributed by atoms with van der Waals surface area (Å²) in [7, 11) is 0. The summed E-state index contributed by atoms with van der Waals surface area (Å²) in [5.74, 6) is -3.99. The molecule has 0 aromatic heterocycles. The highest BCUT2D eigenvalue weighted by Crippen LogP contribution is 2.38. The van der Waals surface area contributed by atoms with E-state index >= 15 is 0 Å². The monoisotopic (exact) mass is 550 g/mol. The summed E-state index contributed by atoms with van der Waals surface area (Å²) in [6.45, 7) is 0.116. The molecular weight excluding hydrogens is 512 g/mol. The van der Waals surface area contributed by atoms with Crippen molar-refractivity contribution in [2.75, 3.05) is 13.2 Å². The topological polar surface area (TPSA) is 127 Å². The molecule has 0 spiro atoms. The van der Waals surface area contributed by atoms with Gasteiger partial charge in [0, 0.05) is 11.1 Å². The number of hydrogen-bond acceptors (Lipinski definition) is 8. The smallest absolute Gasteiger partial charge is 0.312 e. The van der Waals surface area contributed by atoms with Crippen LogP contribution < -0.4 is 0 Å². The molecule has 0 radical (unpaired) electrons. The molecule has 2 unspecified atom stereocenters. The van der Waals surface area contributed by atoms with Crippen molar-refractivity contribution in [3.05, 3.63) is 71.8 Å². The average molecular weight is 551 g/mol. The molecule has 2 N–H and O–H groups in total. The van der Waals surface area contributed by atoms with Crippen molar-refractivity contribution in [1.82, 2.24) is 0 Å². The lowest BCUT2D eigenvalue weighted by Gasteiger charge is -2.37. The van der Waals surface area contributed by atoms with Gasteiger partial charge in [-0.2, -0.15) is 0 Å². The summed E-state index contributed by atoms with van der Waals surface area (Å²) in [6, 6.07) is 17.0. The number of esters is 2. The molecule has 0 amide bonds. The number of Topliss-reactive ketones (excluding diaryl/α,β-unsaturated/α-hetero) is 2. The predicted molar refractivity (Wildman–Crippen MR) is 147 cm³/mol. The molecule has 8 nitrogen and oxygen atoms in total. The Morgan fingerprint density at radius 1 is 0.625 bits per heavy atom. The molecule has 2 aromatic rings. The minimum Gasteiger partial charge on any atom is -0.465 e. The van der Waals surface area contributed by atoms with Crippen LogP contribution in [0.2, 0.25) is 0 Å². The maximum Gasteiger partial charge on any atom is 0.312 e. The summed E-state index contributed by atoms with van der Waals surface area (Å²) in [4.78, 5) is 51.9. The van der Waals surface area contributed by atoms with E-state index in [2.05, 4.69) is 0 Å². The Morgan fingerprint density at radius 3 is 1.38 bits per heavy atom. The van der Waals surface area contributed by atoms with Gasteiger partial charge in [0.2, 0.25) is 0 Å². The van der Waals surface area contributed by atoms with Crippen molar-refractivity contribution in [2.45, 2.75) is 75.4 Å². The van der Waals surface area contributed by atoms with Crippen molar-refractivity contribution < 1.29 is 38.9 Å². The molecule has 2 aliphatic rings. The van der Waals surface area contributed by atoms with Crippen molar-refractivity contribution in [2.24, 2.45) is 11.8 Å². The second-order valence-electron chi connectivity index (χ2n) is 10.9. The molecule has 40 heavy (non-hydrogen) atoms. The summed E-state index contributed by atoms with van der Waals surface area (Å²) in [5.41, 5.74) is -2.86. The summed E-state index contributed by atoms with van der Waals surface area (Å²) in [6.07, 6.45) is 4.72. The van der Waals surface area contributed by atoms with E-state index in [1.54, 1.807) is 60.7 Å². The molecule has 0 bridgehead atoms. The largest absolute Gasteiger partial charge is 0.465 e. The zero-order valence-corrected chi connectivity index (χ0v) is 22.8. The fraction of sp³-hybridized carbons (Fsp3) is 0.500. The van der Waals surface area contributed by atoms with Gasteiger partial charge in [-0.15, -0.1) is 0 Å². The predicted octanol–water partition coefficient (Wildman–Crippen LogP) is 4.46. The van der Waals surface area contributed by atoms with Gasteiger partial charge >= 0.3 is 11.9 Å². The fourth-order valence-electron chi connectivity index (χ4n) is 5.91. The number of unbranched alkanes of at least 4 members (excludes halogenated alkanes) is 1. The molecule has 2 saturated carbocycles. The van der Waals surface area contributed by atoms with Crippen LogP contribution in [-0.2, 0) is 19.1 Å². The van der Waals surface area contributed by atoms with Gasteiger partial charge in [0.1, 0.15) is 11.2 Å². The number of carbonyl (C=O) groups excluding carboxylic acids is 4. The Hall–Kier alpha value is -3.36. The van der Waals surface area contributed by atoms with Gasteiger partial charge in [-0.3, -0.25) is 19.2 Å². The summed E-state index contributed by atoms with van der Waals surface area (Å²) in [5, 5.41) is 22.5. The zero-order chi connectivity index (χ0) is 28.6. The van der Waals surface area contributed by atoms with Crippen LogP contribution >= 0.6 is 0 Å². The van der Waals surface area contributed by atoms with Gasteiger partial charge in [0.25, 0.3) is 0 Å². The molecule has 2 aromatic carbocycles. The average Bonchev–Trinajstić information content (AvgIpc) is 2.99. The third-order valence-corrected chi connectivity index (χ3v) is 8.21. The fourth-order valence-corrected chi connectivity index (χ4v) is 5.91. The maximum absolute atomic E-state index is 13.1. The minimum atomic E-state index is -1.79. The van der Waals surface area contributed by atoms with Crippen molar-refractivity contribution in [3.8, 4) is 0 Å². The summed E-state index contributed by atoms with van der Waals surface area (Å²) < 4.78 is 10.8. The lowest BCUT2D eigenvalue weighted by atomic mass is 9.71. The summed E-state index contributed by atoms with van der Waals surface area (Å²) >= 11 is 0. The first kappa shape index (κ1) is 29.6. The van der Waals surface area contributed by atoms with E-state index in [-0.39, 0.29) is 26.1 Å². The van der Waals surface area contributed by atoms with Crippen LogP contribution in [-0.4, -0.2) is 58.1 Å². The highest BCUT2D eigenvalue weighted by atomic mass is 16.5. The van der Waals surface area contributed by atoms with E-state index in [1.165, 1.54) is 0 Å². The number of aliphatic hydroxyl groups is 2. The minimum absolute atomic E-state index is 0.0579. The Bertz CT molecular complexity index is 1090. The van der Waals surface area contributed by atoms with E-state index in [4.69, 9.17) is 9.47 Å². The van der Waals surface area contributed by atoms with E-state index in [1.807, 2.05) is 0 Å². The lowest BCUT2D eigenvalue weighted by Crippen LogP contribution is -2.51. The molecule has 4 rings (SSSR count). The van der Waals surface area contributed by atoms with Crippen LogP contribution in [0.4, 0.5) is 0 Å². The molecular formula is C32H38O8. The molecule has 0 aliphatic heterocycles. The van der Waals surface area contributed by atoms with E-state index in [0.717, 1.165) is 12.8 Å². The number of ether oxygens (including phenoxy) is 2. The molecule has 0 heterocycles. The quantitative estimate of drug-likeness (QED) is 0.239. The first-order valence-electron chi connectivity index (χ1n) is 14.2. The molecule has 4 atom stereocenters. The third kappa shape index (κ3) is 6.50. The van der Waals surface area contributed by atoms with Crippen LogP contribution in [0.3, 0.4) is 0 Å². The molecule has 8 heteroatoms. The van der Waals surface area contributed by atoms with E-state index in [0.29, 0.717) is 49.7 Å². The first-order chi connectivity index (χ1) is 19.3. The SMILES string of the molecule is O=C(OCCCCOC(=O)[C@H]1CCCC[C@]1(O)C(=O)c1ccccc1)C1CCCCC1(O)C(=O)c1ccccc1. The Balaban J connectivity index is 1.24. The van der Waals surface area contributed by atoms with Gasteiger partial charge < -0.3 is 19.7 Å². The van der Waals surface area contributed by atoms with E-state index in [9.17, 15) is 29.4 Å². The number of hydrogen-bond donors (Lipinski definition) is 2. The van der Waals surface area contributed by atoms with Gasteiger partial charge in [-0.05, 0) is 38.5 Å². The number of ketones is 2. The maximum atomic E-state index is 13.1. The second-order valence-corrected chi connectivity index (χ2v) is 10.9. The number of carbonyl (C=O) groups is 4. The van der Waals surface area contributed by atoms with E-state index < -0.39 is 46.5 Å². The number of benzene rings is 2.